The summed E-state index contributed by atoms with van der Waals surface area (Å²) < 4.78 is 26.8. The van der Waals surface area contributed by atoms with Crippen molar-refractivity contribution in [2.75, 3.05) is 71.5 Å². The van der Waals surface area contributed by atoms with Gasteiger partial charge in [-0.3, -0.25) is 9.69 Å². The number of carbonyl (C=O) groups is 2. The van der Waals surface area contributed by atoms with Crippen molar-refractivity contribution in [1.82, 2.24) is 19.3 Å². The molecule has 0 unspecified atom stereocenters. The van der Waals surface area contributed by atoms with Crippen molar-refractivity contribution in [3.63, 3.8) is 0 Å². The number of ether oxygens (including phenoxy) is 2. The van der Waals surface area contributed by atoms with Gasteiger partial charge >= 0.3 is 6.03 Å². The number of likely N-dealkylation sites (tertiary alicyclic amines) is 1. The van der Waals surface area contributed by atoms with Gasteiger partial charge in [0.05, 0.1) is 45.0 Å². The number of piperidine rings is 1. The molecule has 0 bridgehead atoms. The Bertz CT molecular complexity index is 1480. The molecule has 3 amide bonds. The van der Waals surface area contributed by atoms with Crippen LogP contribution in [-0.4, -0.2) is 103 Å². The number of aliphatic hydroxyl groups excluding tert-OH is 1. The molecule has 2 saturated heterocycles. The maximum Gasteiger partial charge on any atom is 0.321 e. The number of aliphatic hydroxyl groups is 1. The molecule has 42 heavy (non-hydrogen) atoms. The van der Waals surface area contributed by atoms with E-state index in [0.717, 1.165) is 27.9 Å². The van der Waals surface area contributed by atoms with Gasteiger partial charge in [-0.05, 0) is 48.7 Å². The van der Waals surface area contributed by atoms with Gasteiger partial charge in [0.25, 0.3) is 0 Å². The molecule has 4 heterocycles. The number of aryl methyl sites for hydroxylation is 1. The zero-order chi connectivity index (χ0) is 29.4. The van der Waals surface area contributed by atoms with Gasteiger partial charge < -0.3 is 34.3 Å². The number of nitrogens with zero attached hydrogens (tertiary/aromatic N) is 4. The molecule has 6 rings (SSSR count). The molecule has 3 aliphatic heterocycles. The Hall–Kier alpha value is -3.67. The van der Waals surface area contributed by atoms with E-state index in [1.54, 1.807) is 24.1 Å². The number of benzene rings is 2. The molecule has 10 nitrogen and oxygen atoms in total. The smallest absolute Gasteiger partial charge is 0.321 e. The van der Waals surface area contributed by atoms with Crippen LogP contribution in [0.15, 0.2) is 42.5 Å². The van der Waals surface area contributed by atoms with Gasteiger partial charge in [0.2, 0.25) is 5.91 Å². The van der Waals surface area contributed by atoms with E-state index in [1.165, 1.54) is 12.1 Å². The van der Waals surface area contributed by atoms with Gasteiger partial charge in [0, 0.05) is 68.0 Å². The SMILES string of the molecule is COc1ccc2c3c(n(C)c2c1)[C@@H](CO)N(C(=O)CN1CCOCC1)CC31CCN(C(=O)Nc2cccc(F)c2)CC1. The van der Waals surface area contributed by atoms with Gasteiger partial charge in [-0.2, -0.15) is 0 Å². The number of methoxy groups -OCH3 is 1. The average molecular weight is 580 g/mol. The second-order valence-corrected chi connectivity index (χ2v) is 11.5. The number of hydrogen-bond acceptors (Lipinski definition) is 6. The fraction of sp³-hybridized carbons (Fsp3) is 0.484. The first-order valence-electron chi connectivity index (χ1n) is 14.5. The molecule has 3 aliphatic rings. The number of carbonyl (C=O) groups excluding carboxylic acids is 2. The molecule has 0 aliphatic carbocycles. The van der Waals surface area contributed by atoms with Crippen LogP contribution in [0.1, 0.15) is 30.1 Å². The molecule has 11 heteroatoms. The number of anilines is 1. The number of morpholine rings is 1. The average Bonchev–Trinajstić information content (AvgIpc) is 3.30. The zero-order valence-electron chi connectivity index (χ0n) is 24.1. The summed E-state index contributed by atoms with van der Waals surface area (Å²) in [5.41, 5.74) is 3.05. The molecule has 1 aromatic heterocycles. The quantitative estimate of drug-likeness (QED) is 0.482. The van der Waals surface area contributed by atoms with E-state index in [9.17, 15) is 19.1 Å². The van der Waals surface area contributed by atoms with E-state index in [1.807, 2.05) is 24.1 Å². The lowest BCUT2D eigenvalue weighted by molar-refractivity contribution is -0.139. The third kappa shape index (κ3) is 5.10. The summed E-state index contributed by atoms with van der Waals surface area (Å²) >= 11 is 0. The van der Waals surface area contributed by atoms with E-state index in [-0.39, 0.29) is 25.1 Å². The summed E-state index contributed by atoms with van der Waals surface area (Å²) in [6.45, 7) is 4.08. The van der Waals surface area contributed by atoms with Crippen molar-refractivity contribution in [2.45, 2.75) is 24.3 Å². The van der Waals surface area contributed by atoms with Crippen LogP contribution in [0.3, 0.4) is 0 Å². The van der Waals surface area contributed by atoms with Crippen LogP contribution in [-0.2, 0) is 22.0 Å². The third-order valence-electron chi connectivity index (χ3n) is 9.19. The standard InChI is InChI=1S/C31H38FN5O5/c1-34-25-17-23(41-2)6-7-24(25)28-29(34)26(19-38)37(27(39)18-35-12-14-42-15-13-35)20-31(28)8-10-36(11-9-31)30(40)33-22-5-3-4-21(32)16-22/h3-7,16-17,26,38H,8-15,18-20H2,1-2H3,(H,33,40)/t26-/m1/s1. The van der Waals surface area contributed by atoms with Crippen molar-refractivity contribution in [2.24, 2.45) is 7.05 Å². The summed E-state index contributed by atoms with van der Waals surface area (Å²) in [4.78, 5) is 32.8. The molecule has 1 atom stereocenters. The summed E-state index contributed by atoms with van der Waals surface area (Å²) in [5.74, 6) is 0.308. The minimum absolute atomic E-state index is 0.0184. The number of hydrogen-bond donors (Lipinski definition) is 2. The van der Waals surface area contributed by atoms with Crippen LogP contribution in [0.25, 0.3) is 10.9 Å². The van der Waals surface area contributed by atoms with Crippen LogP contribution in [0.2, 0.25) is 0 Å². The van der Waals surface area contributed by atoms with Gasteiger partial charge in [-0.25, -0.2) is 9.18 Å². The Morgan fingerprint density at radius 2 is 1.88 bits per heavy atom. The van der Waals surface area contributed by atoms with Gasteiger partial charge in [0.1, 0.15) is 11.6 Å². The molecule has 0 saturated carbocycles. The maximum atomic E-state index is 13.9. The van der Waals surface area contributed by atoms with Crippen molar-refractivity contribution in [3.05, 3.63) is 59.5 Å². The highest BCUT2D eigenvalue weighted by molar-refractivity contribution is 5.91. The Morgan fingerprint density at radius 3 is 2.57 bits per heavy atom. The first-order chi connectivity index (χ1) is 20.3. The monoisotopic (exact) mass is 579 g/mol. The van der Waals surface area contributed by atoms with Gasteiger partial charge in [-0.15, -0.1) is 0 Å². The molecule has 1 spiro atoms. The third-order valence-corrected chi connectivity index (χ3v) is 9.19. The molecule has 3 aromatic rings. The van der Waals surface area contributed by atoms with E-state index < -0.39 is 17.3 Å². The predicted octanol–water partition coefficient (Wildman–Crippen LogP) is 3.10. The summed E-state index contributed by atoms with van der Waals surface area (Å²) in [6.07, 6.45) is 1.28. The number of aromatic nitrogens is 1. The summed E-state index contributed by atoms with van der Waals surface area (Å²) in [7, 11) is 3.62. The maximum absolute atomic E-state index is 13.9. The molecular weight excluding hydrogens is 541 g/mol. The second kappa shape index (κ2) is 11.5. The predicted molar refractivity (Wildman–Crippen MR) is 156 cm³/mol. The van der Waals surface area contributed by atoms with Gasteiger partial charge in [0.15, 0.2) is 0 Å². The van der Waals surface area contributed by atoms with Crippen LogP contribution in [0, 0.1) is 5.82 Å². The largest absolute Gasteiger partial charge is 0.497 e. The fourth-order valence-corrected chi connectivity index (χ4v) is 6.98. The van der Waals surface area contributed by atoms with E-state index in [2.05, 4.69) is 20.9 Å². The first-order valence-corrected chi connectivity index (χ1v) is 14.5. The van der Waals surface area contributed by atoms with Gasteiger partial charge in [-0.1, -0.05) is 6.07 Å². The lowest BCUT2D eigenvalue weighted by Crippen LogP contribution is -2.58. The number of amides is 3. The minimum atomic E-state index is -0.489. The Balaban J connectivity index is 1.34. The highest BCUT2D eigenvalue weighted by atomic mass is 19.1. The number of rotatable bonds is 5. The topological polar surface area (TPSA) is 99.5 Å². The zero-order valence-corrected chi connectivity index (χ0v) is 24.1. The summed E-state index contributed by atoms with van der Waals surface area (Å²) in [6, 6.07) is 11.1. The summed E-state index contributed by atoms with van der Waals surface area (Å²) in [5, 5.41) is 14.6. The van der Waals surface area contributed by atoms with Crippen molar-refractivity contribution >= 4 is 28.5 Å². The van der Waals surface area contributed by atoms with Crippen LogP contribution in [0.5, 0.6) is 5.75 Å². The number of urea groups is 1. The number of nitrogens with one attached hydrogen (secondary N) is 1. The highest BCUT2D eigenvalue weighted by Crippen LogP contribution is 2.50. The second-order valence-electron chi connectivity index (χ2n) is 11.5. The minimum Gasteiger partial charge on any atom is -0.497 e. The molecule has 2 N–H and O–H groups in total. The van der Waals surface area contributed by atoms with Crippen LogP contribution in [0.4, 0.5) is 14.9 Å². The van der Waals surface area contributed by atoms with Crippen molar-refractivity contribution in [3.8, 4) is 5.75 Å². The van der Waals surface area contributed by atoms with Crippen molar-refractivity contribution in [1.29, 1.82) is 0 Å². The fourth-order valence-electron chi connectivity index (χ4n) is 6.98. The Morgan fingerprint density at radius 1 is 1.12 bits per heavy atom. The molecular formula is C31H38FN5O5. The lowest BCUT2D eigenvalue weighted by atomic mass is 9.68. The van der Waals surface area contributed by atoms with Crippen LogP contribution < -0.4 is 10.1 Å². The van der Waals surface area contributed by atoms with Crippen molar-refractivity contribution < 1.29 is 28.6 Å². The number of fused-ring (bicyclic) bond motifs is 4. The normalized spacial score (nSPS) is 20.5. The molecule has 2 fully saturated rings. The van der Waals surface area contributed by atoms with E-state index >= 15 is 0 Å². The van der Waals surface area contributed by atoms with E-state index in [4.69, 9.17) is 9.47 Å². The molecule has 2 aromatic carbocycles. The molecule has 224 valence electrons. The van der Waals surface area contributed by atoms with Crippen LogP contribution >= 0.6 is 0 Å². The highest BCUT2D eigenvalue weighted by Gasteiger charge is 2.50. The molecule has 0 radical (unpaired) electrons. The first kappa shape index (κ1) is 28.4. The Labute approximate surface area is 244 Å². The number of halogens is 1. The Kier molecular flexibility index (Phi) is 7.82. The van der Waals surface area contributed by atoms with E-state index in [0.29, 0.717) is 64.5 Å². The lowest BCUT2D eigenvalue weighted by Gasteiger charge is -2.50.